The van der Waals surface area contributed by atoms with E-state index in [0.29, 0.717) is 23.6 Å². The molecule has 1 unspecified atom stereocenters. The number of hydrogen-bond donors (Lipinski definition) is 1. The largest absolute Gasteiger partial charge is 0.383 e. The second-order valence-corrected chi connectivity index (χ2v) is 4.88. The van der Waals surface area contributed by atoms with Crippen molar-refractivity contribution in [3.8, 4) is 0 Å². The lowest BCUT2D eigenvalue weighted by Crippen LogP contribution is -2.35. The lowest BCUT2D eigenvalue weighted by Gasteiger charge is -2.17. The lowest BCUT2D eigenvalue weighted by atomic mass is 10.0. The van der Waals surface area contributed by atoms with Gasteiger partial charge < -0.3 is 10.1 Å². The number of rotatable bonds is 7. The van der Waals surface area contributed by atoms with Crippen molar-refractivity contribution >= 4 is 28.9 Å². The minimum Gasteiger partial charge on any atom is -0.383 e. The molecule has 0 heterocycles. The summed E-state index contributed by atoms with van der Waals surface area (Å²) in [5.74, 6) is 0. The standard InChI is InChI=1S/C12H16Cl2N2O3/c1-3-15-9(7-19-2)4-8-5-10(13)11(14)6-12(8)16(17)18/h5-6,9,15H,3-4,7H2,1-2H3. The summed E-state index contributed by atoms with van der Waals surface area (Å²) in [6.45, 7) is 3.18. The van der Waals surface area contributed by atoms with Gasteiger partial charge >= 0.3 is 0 Å². The van der Waals surface area contributed by atoms with Crippen molar-refractivity contribution in [2.24, 2.45) is 0 Å². The monoisotopic (exact) mass is 306 g/mol. The summed E-state index contributed by atoms with van der Waals surface area (Å²) in [6, 6.07) is 2.82. The first-order chi connectivity index (χ1) is 8.99. The zero-order chi connectivity index (χ0) is 14.4. The van der Waals surface area contributed by atoms with Crippen molar-refractivity contribution in [1.82, 2.24) is 5.32 Å². The normalized spacial score (nSPS) is 12.4. The highest BCUT2D eigenvalue weighted by atomic mass is 35.5. The number of halogens is 2. The van der Waals surface area contributed by atoms with Crippen LogP contribution in [0.2, 0.25) is 10.0 Å². The summed E-state index contributed by atoms with van der Waals surface area (Å²) >= 11 is 11.7. The van der Waals surface area contributed by atoms with Crippen LogP contribution in [0.25, 0.3) is 0 Å². The van der Waals surface area contributed by atoms with E-state index in [2.05, 4.69) is 5.32 Å². The fourth-order valence-corrected chi connectivity index (χ4v) is 2.20. The van der Waals surface area contributed by atoms with Gasteiger partial charge in [-0.3, -0.25) is 10.1 Å². The Hall–Kier alpha value is -0.880. The summed E-state index contributed by atoms with van der Waals surface area (Å²) in [7, 11) is 1.59. The van der Waals surface area contributed by atoms with Crippen molar-refractivity contribution in [2.45, 2.75) is 19.4 Å². The predicted octanol–water partition coefficient (Wildman–Crippen LogP) is 3.07. The Kier molecular flexibility index (Phi) is 6.51. The van der Waals surface area contributed by atoms with Crippen molar-refractivity contribution < 1.29 is 9.66 Å². The molecular weight excluding hydrogens is 291 g/mol. The highest BCUT2D eigenvalue weighted by molar-refractivity contribution is 6.42. The fourth-order valence-electron chi connectivity index (χ4n) is 1.86. The van der Waals surface area contributed by atoms with Crippen LogP contribution < -0.4 is 5.32 Å². The molecule has 1 N–H and O–H groups in total. The van der Waals surface area contributed by atoms with E-state index in [9.17, 15) is 10.1 Å². The van der Waals surface area contributed by atoms with E-state index in [1.165, 1.54) is 6.07 Å². The first kappa shape index (κ1) is 16.2. The number of nitrogens with one attached hydrogen (secondary N) is 1. The number of likely N-dealkylation sites (N-methyl/N-ethyl adjacent to an activating group) is 1. The first-order valence-electron chi connectivity index (χ1n) is 5.84. The van der Waals surface area contributed by atoms with Gasteiger partial charge in [-0.2, -0.15) is 0 Å². The van der Waals surface area contributed by atoms with Crippen LogP contribution in [-0.4, -0.2) is 31.2 Å². The molecule has 1 aromatic rings. The van der Waals surface area contributed by atoms with Gasteiger partial charge in [0.05, 0.1) is 21.6 Å². The highest BCUT2D eigenvalue weighted by Gasteiger charge is 2.20. The van der Waals surface area contributed by atoms with E-state index >= 15 is 0 Å². The Morgan fingerprint density at radius 2 is 2.05 bits per heavy atom. The molecule has 0 saturated carbocycles. The summed E-state index contributed by atoms with van der Waals surface area (Å²) < 4.78 is 5.09. The molecule has 106 valence electrons. The summed E-state index contributed by atoms with van der Waals surface area (Å²) in [5, 5.41) is 14.7. The summed E-state index contributed by atoms with van der Waals surface area (Å²) in [4.78, 5) is 10.6. The predicted molar refractivity (Wildman–Crippen MR) is 76.2 cm³/mol. The van der Waals surface area contributed by atoms with Gasteiger partial charge in [0.25, 0.3) is 5.69 Å². The number of nitro groups is 1. The molecule has 19 heavy (non-hydrogen) atoms. The smallest absolute Gasteiger partial charge is 0.274 e. The second-order valence-electron chi connectivity index (χ2n) is 4.07. The van der Waals surface area contributed by atoms with Gasteiger partial charge in [-0.25, -0.2) is 0 Å². The third-order valence-electron chi connectivity index (χ3n) is 2.65. The van der Waals surface area contributed by atoms with Crippen molar-refractivity contribution in [3.63, 3.8) is 0 Å². The Morgan fingerprint density at radius 3 is 2.58 bits per heavy atom. The number of methoxy groups -OCH3 is 1. The van der Waals surface area contributed by atoms with Gasteiger partial charge in [-0.15, -0.1) is 0 Å². The molecule has 0 radical (unpaired) electrons. The maximum atomic E-state index is 11.0. The zero-order valence-electron chi connectivity index (χ0n) is 10.8. The third kappa shape index (κ3) is 4.62. The number of ether oxygens (including phenoxy) is 1. The van der Waals surface area contributed by atoms with E-state index in [4.69, 9.17) is 27.9 Å². The van der Waals surface area contributed by atoms with Crippen LogP contribution in [0.1, 0.15) is 12.5 Å². The summed E-state index contributed by atoms with van der Waals surface area (Å²) in [5.41, 5.74) is 0.524. The molecule has 1 atom stereocenters. The number of nitrogens with zero attached hydrogens (tertiary/aromatic N) is 1. The van der Waals surface area contributed by atoms with Gasteiger partial charge in [-0.05, 0) is 19.0 Å². The van der Waals surface area contributed by atoms with Crippen LogP contribution >= 0.6 is 23.2 Å². The molecule has 7 heteroatoms. The maximum absolute atomic E-state index is 11.0. The molecule has 0 aliphatic heterocycles. The minimum atomic E-state index is -0.451. The molecular formula is C12H16Cl2N2O3. The SMILES string of the molecule is CCNC(COC)Cc1cc(Cl)c(Cl)cc1[N+](=O)[O-]. The van der Waals surface area contributed by atoms with E-state index in [-0.39, 0.29) is 16.8 Å². The van der Waals surface area contributed by atoms with Crippen LogP contribution in [0.15, 0.2) is 12.1 Å². The number of benzene rings is 1. The van der Waals surface area contributed by atoms with Gasteiger partial charge in [0, 0.05) is 24.8 Å². The van der Waals surface area contributed by atoms with Crippen LogP contribution in [0.4, 0.5) is 5.69 Å². The average Bonchev–Trinajstić information content (AvgIpc) is 2.33. The van der Waals surface area contributed by atoms with Crippen molar-refractivity contribution in [3.05, 3.63) is 37.9 Å². The Labute approximate surface area is 122 Å². The summed E-state index contributed by atoms with van der Waals surface area (Å²) in [6.07, 6.45) is 0.453. The molecule has 0 bridgehead atoms. The maximum Gasteiger partial charge on any atom is 0.274 e. The quantitative estimate of drug-likeness (QED) is 0.621. The van der Waals surface area contributed by atoms with Crippen LogP contribution in [0.3, 0.4) is 0 Å². The van der Waals surface area contributed by atoms with E-state index in [1.807, 2.05) is 6.92 Å². The van der Waals surface area contributed by atoms with Gasteiger partial charge in [-0.1, -0.05) is 30.1 Å². The molecule has 0 amide bonds. The molecule has 1 aromatic carbocycles. The molecule has 0 aliphatic carbocycles. The lowest BCUT2D eigenvalue weighted by molar-refractivity contribution is -0.385. The van der Waals surface area contributed by atoms with E-state index in [1.54, 1.807) is 13.2 Å². The third-order valence-corrected chi connectivity index (χ3v) is 3.37. The van der Waals surface area contributed by atoms with Crippen LogP contribution in [-0.2, 0) is 11.2 Å². The van der Waals surface area contributed by atoms with Crippen molar-refractivity contribution in [1.29, 1.82) is 0 Å². The zero-order valence-corrected chi connectivity index (χ0v) is 12.3. The van der Waals surface area contributed by atoms with Gasteiger partial charge in [0.15, 0.2) is 0 Å². The molecule has 5 nitrogen and oxygen atoms in total. The van der Waals surface area contributed by atoms with Gasteiger partial charge in [0.1, 0.15) is 0 Å². The van der Waals surface area contributed by atoms with Crippen molar-refractivity contribution in [2.75, 3.05) is 20.3 Å². The van der Waals surface area contributed by atoms with E-state index < -0.39 is 4.92 Å². The molecule has 0 aliphatic rings. The second kappa shape index (κ2) is 7.65. The molecule has 0 aromatic heterocycles. The number of nitro benzene ring substituents is 1. The molecule has 0 spiro atoms. The van der Waals surface area contributed by atoms with E-state index in [0.717, 1.165) is 6.54 Å². The molecule has 1 rings (SSSR count). The number of hydrogen-bond acceptors (Lipinski definition) is 4. The Morgan fingerprint density at radius 1 is 1.42 bits per heavy atom. The average molecular weight is 307 g/mol. The topological polar surface area (TPSA) is 64.4 Å². The van der Waals surface area contributed by atoms with Crippen LogP contribution in [0.5, 0.6) is 0 Å². The fraction of sp³-hybridized carbons (Fsp3) is 0.500. The van der Waals surface area contributed by atoms with Crippen LogP contribution in [0, 0.1) is 10.1 Å². The molecule has 0 saturated heterocycles. The first-order valence-corrected chi connectivity index (χ1v) is 6.59. The minimum absolute atomic E-state index is 0.00839. The molecule has 0 fully saturated rings. The van der Waals surface area contributed by atoms with Gasteiger partial charge in [0.2, 0.25) is 0 Å². The Bertz CT molecular complexity index is 449. The highest BCUT2D eigenvalue weighted by Crippen LogP contribution is 2.31. The Balaban J connectivity index is 3.03.